The van der Waals surface area contributed by atoms with Crippen LogP contribution in [0.25, 0.3) is 32.3 Å². The van der Waals surface area contributed by atoms with E-state index in [0.29, 0.717) is 0 Å². The zero-order valence-electron chi connectivity index (χ0n) is 20.0. The minimum Gasteiger partial charge on any atom is -0.243 e. The van der Waals surface area contributed by atoms with Gasteiger partial charge in [-0.15, -0.1) is 0 Å². The first kappa shape index (κ1) is 20.5. The molecule has 4 heterocycles. The number of aromatic nitrogens is 8. The SMILES string of the molecule is c1cn(N(c2ccc3ccc4c(N(n5ccnc5)n5ccnc5)ccc5ccc2c3c54)n2ccnc2)cn1. The second-order valence-electron chi connectivity index (χ2n) is 8.94. The van der Waals surface area contributed by atoms with Crippen LogP contribution in [0.1, 0.15) is 0 Å². The Bertz CT molecular complexity index is 1760. The molecule has 38 heavy (non-hydrogen) atoms. The Kier molecular flexibility index (Phi) is 4.29. The van der Waals surface area contributed by atoms with E-state index in [1.54, 1.807) is 50.1 Å². The van der Waals surface area contributed by atoms with Crippen LogP contribution in [-0.2, 0) is 0 Å². The van der Waals surface area contributed by atoms with Gasteiger partial charge in [-0.3, -0.25) is 0 Å². The van der Waals surface area contributed by atoms with Crippen LogP contribution in [0.15, 0.2) is 123 Å². The molecule has 0 radical (unpaired) electrons. The number of benzene rings is 4. The first-order chi connectivity index (χ1) is 18.9. The average Bonchev–Trinajstić information content (AvgIpc) is 3.78. The van der Waals surface area contributed by atoms with E-state index in [4.69, 9.17) is 0 Å². The highest BCUT2D eigenvalue weighted by molar-refractivity contribution is 6.27. The molecule has 10 nitrogen and oxygen atoms in total. The monoisotopic (exact) mass is 496 g/mol. The van der Waals surface area contributed by atoms with Crippen molar-refractivity contribution in [2.45, 2.75) is 0 Å². The zero-order chi connectivity index (χ0) is 25.1. The van der Waals surface area contributed by atoms with E-state index in [0.717, 1.165) is 22.1 Å². The van der Waals surface area contributed by atoms with Crippen LogP contribution in [-0.4, -0.2) is 38.6 Å². The van der Waals surface area contributed by atoms with E-state index >= 15 is 0 Å². The number of imidazole rings is 4. The third kappa shape index (κ3) is 2.94. The van der Waals surface area contributed by atoms with Crippen LogP contribution in [0.5, 0.6) is 0 Å². The number of nitrogens with zero attached hydrogens (tertiary/aromatic N) is 10. The highest BCUT2D eigenvalue weighted by Crippen LogP contribution is 2.42. The molecule has 10 heteroatoms. The Morgan fingerprint density at radius 2 is 0.763 bits per heavy atom. The Labute approximate surface area is 216 Å². The van der Waals surface area contributed by atoms with Gasteiger partial charge in [0.2, 0.25) is 0 Å². The highest BCUT2D eigenvalue weighted by Gasteiger charge is 2.21. The Hall–Kier alpha value is -5.64. The Balaban J connectivity index is 1.43. The maximum Gasteiger partial charge on any atom is 0.116 e. The molecule has 0 unspecified atom stereocenters. The van der Waals surface area contributed by atoms with Crippen LogP contribution < -0.4 is 10.2 Å². The van der Waals surface area contributed by atoms with Gasteiger partial charge in [0.1, 0.15) is 25.3 Å². The van der Waals surface area contributed by atoms with Gasteiger partial charge in [0, 0.05) is 60.3 Å². The van der Waals surface area contributed by atoms with E-state index in [1.807, 2.05) is 43.5 Å². The van der Waals surface area contributed by atoms with Gasteiger partial charge in [0.25, 0.3) is 0 Å². The van der Waals surface area contributed by atoms with E-state index in [2.05, 4.69) is 78.7 Å². The fourth-order valence-electron chi connectivity index (χ4n) is 5.31. The molecule has 4 aromatic heterocycles. The minimum absolute atomic E-state index is 1.01. The molecular formula is C28H20N10. The summed E-state index contributed by atoms with van der Waals surface area (Å²) in [6.07, 6.45) is 21.9. The molecule has 0 aliphatic carbocycles. The number of hydrogen-bond donors (Lipinski definition) is 0. The molecule has 0 spiro atoms. The second-order valence-corrected chi connectivity index (χ2v) is 8.94. The summed E-state index contributed by atoms with van der Waals surface area (Å²) >= 11 is 0. The molecule has 0 bridgehead atoms. The number of rotatable bonds is 6. The zero-order valence-corrected chi connectivity index (χ0v) is 20.0. The lowest BCUT2D eigenvalue weighted by Gasteiger charge is -2.29. The van der Waals surface area contributed by atoms with Crippen LogP contribution in [0.3, 0.4) is 0 Å². The lowest BCUT2D eigenvalue weighted by atomic mass is 9.92. The van der Waals surface area contributed by atoms with E-state index in [1.165, 1.54) is 21.5 Å². The van der Waals surface area contributed by atoms with Crippen molar-refractivity contribution >= 4 is 43.7 Å². The second kappa shape index (κ2) is 7.93. The van der Waals surface area contributed by atoms with Gasteiger partial charge < -0.3 is 0 Å². The van der Waals surface area contributed by atoms with Gasteiger partial charge in [-0.2, -0.15) is 10.2 Å². The summed E-state index contributed by atoms with van der Waals surface area (Å²) in [4.78, 5) is 17.1. The lowest BCUT2D eigenvalue weighted by Crippen LogP contribution is -2.33. The van der Waals surface area contributed by atoms with Crippen molar-refractivity contribution in [2.24, 2.45) is 0 Å². The van der Waals surface area contributed by atoms with Crippen molar-refractivity contribution in [3.05, 3.63) is 123 Å². The molecule has 0 amide bonds. The van der Waals surface area contributed by atoms with Crippen molar-refractivity contribution in [2.75, 3.05) is 10.2 Å². The van der Waals surface area contributed by atoms with Crippen molar-refractivity contribution in [1.29, 1.82) is 0 Å². The third-order valence-corrected chi connectivity index (χ3v) is 6.89. The molecule has 4 aromatic carbocycles. The molecular weight excluding hydrogens is 476 g/mol. The Morgan fingerprint density at radius 1 is 0.421 bits per heavy atom. The van der Waals surface area contributed by atoms with Gasteiger partial charge >= 0.3 is 0 Å². The van der Waals surface area contributed by atoms with Gasteiger partial charge in [-0.25, -0.2) is 38.6 Å². The van der Waals surface area contributed by atoms with Gasteiger partial charge in [0.15, 0.2) is 0 Å². The van der Waals surface area contributed by atoms with Gasteiger partial charge in [-0.05, 0) is 33.7 Å². The summed E-state index contributed by atoms with van der Waals surface area (Å²) in [7, 11) is 0. The molecule has 182 valence electrons. The van der Waals surface area contributed by atoms with Crippen molar-refractivity contribution in [1.82, 2.24) is 38.6 Å². The fourth-order valence-corrected chi connectivity index (χ4v) is 5.31. The van der Waals surface area contributed by atoms with Crippen LogP contribution in [0, 0.1) is 0 Å². The summed E-state index contributed by atoms with van der Waals surface area (Å²) in [5.74, 6) is 0. The van der Waals surface area contributed by atoms with Gasteiger partial charge in [0.05, 0.1) is 11.4 Å². The van der Waals surface area contributed by atoms with E-state index in [-0.39, 0.29) is 0 Å². The summed E-state index contributed by atoms with van der Waals surface area (Å²) in [6, 6.07) is 17.4. The Morgan fingerprint density at radius 3 is 1.08 bits per heavy atom. The smallest absolute Gasteiger partial charge is 0.116 e. The molecule has 0 fully saturated rings. The normalized spacial score (nSPS) is 11.7. The summed E-state index contributed by atoms with van der Waals surface area (Å²) in [6.45, 7) is 0. The number of anilines is 2. The standard InChI is InChI=1S/C28H20N10/c1-5-23-25(37(33-13-9-29-17-33)34-14-10-30-18-34)8-4-22-2-6-24-26(7-3-21(1)27(24)28(22)23)38(35-15-11-31-19-35)36-16-12-32-20-36/h1-20H. The summed E-state index contributed by atoms with van der Waals surface area (Å²) < 4.78 is 7.77. The average molecular weight is 497 g/mol. The van der Waals surface area contributed by atoms with E-state index in [9.17, 15) is 0 Å². The fraction of sp³-hybridized carbons (Fsp3) is 0. The first-order valence-electron chi connectivity index (χ1n) is 12.1. The molecule has 0 N–H and O–H groups in total. The number of hydrogen-bond acceptors (Lipinski definition) is 6. The molecule has 8 aromatic rings. The minimum atomic E-state index is 1.01. The lowest BCUT2D eigenvalue weighted by molar-refractivity contribution is 0.605. The quantitative estimate of drug-likeness (QED) is 0.307. The highest BCUT2D eigenvalue weighted by atomic mass is 15.8. The summed E-state index contributed by atoms with van der Waals surface area (Å²) in [5, 5.41) is 11.1. The maximum atomic E-state index is 4.29. The molecule has 8 rings (SSSR count). The largest absolute Gasteiger partial charge is 0.243 e. The molecule has 0 aliphatic rings. The predicted molar refractivity (Wildman–Crippen MR) is 146 cm³/mol. The molecule has 0 saturated carbocycles. The van der Waals surface area contributed by atoms with Crippen molar-refractivity contribution in [3.8, 4) is 0 Å². The van der Waals surface area contributed by atoms with Crippen LogP contribution >= 0.6 is 0 Å². The van der Waals surface area contributed by atoms with Crippen LogP contribution in [0.4, 0.5) is 11.4 Å². The van der Waals surface area contributed by atoms with Crippen molar-refractivity contribution in [3.63, 3.8) is 0 Å². The predicted octanol–water partition coefficient (Wildman–Crippen LogP) is 4.84. The first-order valence-corrected chi connectivity index (χ1v) is 12.1. The summed E-state index contributed by atoms with van der Waals surface area (Å²) in [5.41, 5.74) is 2.02. The molecule has 0 saturated heterocycles. The molecule has 0 aliphatic heterocycles. The van der Waals surface area contributed by atoms with Gasteiger partial charge in [-0.1, -0.05) is 36.4 Å². The van der Waals surface area contributed by atoms with E-state index < -0.39 is 0 Å². The van der Waals surface area contributed by atoms with Crippen molar-refractivity contribution < 1.29 is 0 Å². The molecule has 0 atom stereocenters. The van der Waals surface area contributed by atoms with Crippen LogP contribution in [0.2, 0.25) is 0 Å². The third-order valence-electron chi connectivity index (χ3n) is 6.89. The topological polar surface area (TPSA) is 77.8 Å². The maximum absolute atomic E-state index is 4.29.